The Hall–Kier alpha value is -1.15. The fourth-order valence-electron chi connectivity index (χ4n) is 2.30. The van der Waals surface area contributed by atoms with Crippen LogP contribution in [0.15, 0.2) is 35.2 Å². The topological polar surface area (TPSA) is 20.2 Å². The van der Waals surface area contributed by atoms with Crippen LogP contribution in [0.1, 0.15) is 19.4 Å². The van der Waals surface area contributed by atoms with Crippen LogP contribution >= 0.6 is 0 Å². The third kappa shape index (κ3) is 2.14. The van der Waals surface area contributed by atoms with E-state index >= 15 is 0 Å². The fourth-order valence-corrected chi connectivity index (χ4v) is 4.07. The summed E-state index contributed by atoms with van der Waals surface area (Å²) in [5, 5.41) is 12.2. The molecule has 2 rings (SSSR count). The van der Waals surface area contributed by atoms with E-state index in [0.29, 0.717) is 16.6 Å². The van der Waals surface area contributed by atoms with Gasteiger partial charge in [0.15, 0.2) is 4.90 Å². The lowest BCUT2D eigenvalue weighted by molar-refractivity contribution is 0.481. The zero-order chi connectivity index (χ0) is 12.4. The lowest BCUT2D eigenvalue weighted by atomic mass is 10.0. The van der Waals surface area contributed by atoms with Gasteiger partial charge in [-0.15, -0.1) is 0 Å². The molecule has 2 aromatic rings. The molecule has 0 aromatic heterocycles. The highest BCUT2D eigenvalue weighted by molar-refractivity contribution is 7.97. The Bertz CT molecular complexity index is 521. The Labute approximate surface area is 106 Å². The quantitative estimate of drug-likeness (QED) is 0.816. The molecule has 2 heteroatoms. The minimum atomic E-state index is 0.296. The summed E-state index contributed by atoms with van der Waals surface area (Å²) in [7, 11) is 0.296. The molecule has 0 bridgehead atoms. The molecule has 0 heterocycles. The first-order chi connectivity index (χ1) is 8.19. The molecule has 0 unspecified atom stereocenters. The second-order valence-corrected chi connectivity index (χ2v) is 6.73. The van der Waals surface area contributed by atoms with Crippen molar-refractivity contribution in [1.82, 2.24) is 0 Å². The molecule has 0 amide bonds. The number of phenolic OH excluding ortho intramolecular Hbond substituents is 1. The third-order valence-electron chi connectivity index (χ3n) is 3.19. The number of fused-ring (bicyclic) bond motifs is 1. The molecule has 1 N–H and O–H groups in total. The van der Waals surface area contributed by atoms with Crippen molar-refractivity contribution in [2.75, 3.05) is 11.5 Å². The summed E-state index contributed by atoms with van der Waals surface area (Å²) in [6, 6.07) is 10.2. The summed E-state index contributed by atoms with van der Waals surface area (Å²) >= 11 is 0. The van der Waals surface area contributed by atoms with Crippen LogP contribution in [0, 0.1) is 6.92 Å². The Kier molecular flexibility index (Phi) is 3.63. The average molecular weight is 247 g/mol. The van der Waals surface area contributed by atoms with E-state index < -0.39 is 0 Å². The Morgan fingerprint density at radius 1 is 1.06 bits per heavy atom. The van der Waals surface area contributed by atoms with Gasteiger partial charge in [0.1, 0.15) is 17.3 Å². The molecule has 2 aromatic carbocycles. The maximum Gasteiger partial charge on any atom is 0.162 e. The van der Waals surface area contributed by atoms with Crippen LogP contribution in [0.25, 0.3) is 10.8 Å². The number of aryl methyl sites for hydroxylation is 1. The van der Waals surface area contributed by atoms with Crippen LogP contribution in [0.4, 0.5) is 0 Å². The molecule has 90 valence electrons. The molecule has 0 radical (unpaired) electrons. The predicted octanol–water partition coefficient (Wildman–Crippen LogP) is 3.87. The molecule has 17 heavy (non-hydrogen) atoms. The first-order valence-corrected chi connectivity index (χ1v) is 7.64. The highest BCUT2D eigenvalue weighted by atomic mass is 32.2. The SMILES string of the molecule is CC[S+](CC)c1ccc(C)c2c(O)cccc12. The van der Waals surface area contributed by atoms with Gasteiger partial charge in [-0.3, -0.25) is 0 Å². The Balaban J connectivity index is 2.74. The van der Waals surface area contributed by atoms with E-state index in [2.05, 4.69) is 39.0 Å². The van der Waals surface area contributed by atoms with Crippen LogP contribution < -0.4 is 0 Å². The standard InChI is InChI=1S/C15H18OS/c1-4-17(5-2)14-10-9-11(3)15-12(14)7-6-8-13(15)16/h6-10H,4-5H2,1-3H3/p+1. The van der Waals surface area contributed by atoms with Gasteiger partial charge in [0.2, 0.25) is 0 Å². The highest BCUT2D eigenvalue weighted by Gasteiger charge is 2.21. The summed E-state index contributed by atoms with van der Waals surface area (Å²) in [5.41, 5.74) is 1.15. The monoisotopic (exact) mass is 247 g/mol. The fraction of sp³-hybridized carbons (Fsp3) is 0.333. The van der Waals surface area contributed by atoms with Crippen molar-refractivity contribution in [1.29, 1.82) is 0 Å². The smallest absolute Gasteiger partial charge is 0.162 e. The molecule has 0 saturated carbocycles. The van der Waals surface area contributed by atoms with Gasteiger partial charge >= 0.3 is 0 Å². The van der Waals surface area contributed by atoms with E-state index in [1.807, 2.05) is 6.07 Å². The van der Waals surface area contributed by atoms with Crippen molar-refractivity contribution in [2.45, 2.75) is 25.7 Å². The van der Waals surface area contributed by atoms with E-state index in [-0.39, 0.29) is 0 Å². The van der Waals surface area contributed by atoms with Gasteiger partial charge in [0.25, 0.3) is 0 Å². The summed E-state index contributed by atoms with van der Waals surface area (Å²) in [6.45, 7) is 6.53. The zero-order valence-electron chi connectivity index (χ0n) is 10.7. The second kappa shape index (κ2) is 5.01. The summed E-state index contributed by atoms with van der Waals surface area (Å²) in [4.78, 5) is 1.39. The number of phenols is 1. The van der Waals surface area contributed by atoms with E-state index in [9.17, 15) is 5.11 Å². The maximum atomic E-state index is 10.0. The van der Waals surface area contributed by atoms with Crippen molar-refractivity contribution >= 4 is 21.7 Å². The number of hydrogen-bond acceptors (Lipinski definition) is 1. The van der Waals surface area contributed by atoms with Crippen molar-refractivity contribution in [3.63, 3.8) is 0 Å². The molecule has 1 nitrogen and oxygen atoms in total. The van der Waals surface area contributed by atoms with Gasteiger partial charge in [-0.25, -0.2) is 0 Å². The summed E-state index contributed by atoms with van der Waals surface area (Å²) < 4.78 is 0. The van der Waals surface area contributed by atoms with Crippen molar-refractivity contribution in [2.24, 2.45) is 0 Å². The summed E-state index contributed by atoms with van der Waals surface area (Å²) in [5.74, 6) is 2.74. The lowest BCUT2D eigenvalue weighted by Gasteiger charge is -2.10. The third-order valence-corrected chi connectivity index (χ3v) is 5.57. The highest BCUT2D eigenvalue weighted by Crippen LogP contribution is 2.33. The van der Waals surface area contributed by atoms with Gasteiger partial charge < -0.3 is 5.11 Å². The van der Waals surface area contributed by atoms with Crippen molar-refractivity contribution in [3.05, 3.63) is 35.9 Å². The molecular formula is C15H19OS+. The van der Waals surface area contributed by atoms with Crippen molar-refractivity contribution in [3.8, 4) is 5.75 Å². The number of hydrogen-bond donors (Lipinski definition) is 1. The normalized spacial score (nSPS) is 11.3. The number of rotatable bonds is 3. The predicted molar refractivity (Wildman–Crippen MR) is 77.1 cm³/mol. The first-order valence-electron chi connectivity index (χ1n) is 6.07. The molecule has 0 aliphatic rings. The molecule has 0 aliphatic heterocycles. The minimum Gasteiger partial charge on any atom is -0.507 e. The summed E-state index contributed by atoms with van der Waals surface area (Å²) in [6.07, 6.45) is 0. The van der Waals surface area contributed by atoms with Crippen LogP contribution in [0.2, 0.25) is 0 Å². The van der Waals surface area contributed by atoms with Crippen LogP contribution in [-0.2, 0) is 10.9 Å². The Morgan fingerprint density at radius 2 is 1.76 bits per heavy atom. The molecule has 0 atom stereocenters. The van der Waals surface area contributed by atoms with Crippen molar-refractivity contribution < 1.29 is 5.11 Å². The lowest BCUT2D eigenvalue weighted by Crippen LogP contribution is -2.08. The second-order valence-electron chi connectivity index (χ2n) is 4.15. The minimum absolute atomic E-state index is 0.296. The average Bonchev–Trinajstić information content (AvgIpc) is 2.33. The molecule has 0 spiro atoms. The van der Waals surface area contributed by atoms with E-state index in [1.165, 1.54) is 21.8 Å². The Morgan fingerprint density at radius 3 is 2.41 bits per heavy atom. The van der Waals surface area contributed by atoms with Gasteiger partial charge in [-0.05, 0) is 44.5 Å². The number of benzene rings is 2. The van der Waals surface area contributed by atoms with Crippen LogP contribution in [0.3, 0.4) is 0 Å². The molecule has 0 fully saturated rings. The van der Waals surface area contributed by atoms with Gasteiger partial charge in [0.05, 0.1) is 0 Å². The first kappa shape index (κ1) is 12.3. The van der Waals surface area contributed by atoms with E-state index in [4.69, 9.17) is 0 Å². The number of aromatic hydroxyl groups is 1. The van der Waals surface area contributed by atoms with E-state index in [0.717, 1.165) is 10.9 Å². The van der Waals surface area contributed by atoms with Crippen LogP contribution in [0.5, 0.6) is 5.75 Å². The van der Waals surface area contributed by atoms with Gasteiger partial charge in [-0.2, -0.15) is 0 Å². The van der Waals surface area contributed by atoms with Crippen LogP contribution in [-0.4, -0.2) is 16.6 Å². The van der Waals surface area contributed by atoms with Gasteiger partial charge in [0, 0.05) is 21.7 Å². The van der Waals surface area contributed by atoms with E-state index in [1.54, 1.807) is 6.07 Å². The largest absolute Gasteiger partial charge is 0.507 e. The molecule has 0 saturated heterocycles. The van der Waals surface area contributed by atoms with Gasteiger partial charge in [-0.1, -0.05) is 12.1 Å². The maximum absolute atomic E-state index is 10.0. The zero-order valence-corrected chi connectivity index (χ0v) is 11.5. The molecule has 0 aliphatic carbocycles. The molecular weight excluding hydrogens is 228 g/mol.